The van der Waals surface area contributed by atoms with Gasteiger partial charge in [0.1, 0.15) is 0 Å². The third-order valence-corrected chi connectivity index (χ3v) is 2.49. The summed E-state index contributed by atoms with van der Waals surface area (Å²) in [5.41, 5.74) is 0.592. The zero-order valence-electron chi connectivity index (χ0n) is 9.74. The van der Waals surface area contributed by atoms with Crippen LogP contribution >= 0.6 is 0 Å². The fourth-order valence-corrected chi connectivity index (χ4v) is 1.68. The van der Waals surface area contributed by atoms with Gasteiger partial charge in [-0.2, -0.15) is 13.2 Å². The molecule has 0 aliphatic heterocycles. The van der Waals surface area contributed by atoms with E-state index in [0.29, 0.717) is 12.2 Å². The summed E-state index contributed by atoms with van der Waals surface area (Å²) >= 11 is 0. The molecule has 0 fully saturated rings. The first kappa shape index (κ1) is 14.0. The van der Waals surface area contributed by atoms with Crippen LogP contribution in [0.15, 0.2) is 12.5 Å². The Morgan fingerprint density at radius 2 is 2.18 bits per heavy atom. The quantitative estimate of drug-likeness (QED) is 0.842. The second kappa shape index (κ2) is 6.05. The fourth-order valence-electron chi connectivity index (χ4n) is 1.68. The summed E-state index contributed by atoms with van der Waals surface area (Å²) in [7, 11) is 0. The van der Waals surface area contributed by atoms with Crippen LogP contribution in [0, 0.1) is 0 Å². The van der Waals surface area contributed by atoms with E-state index in [4.69, 9.17) is 0 Å². The van der Waals surface area contributed by atoms with Crippen LogP contribution in [0.1, 0.15) is 44.4 Å². The lowest BCUT2D eigenvalue weighted by molar-refractivity contribution is -0.136. The van der Waals surface area contributed by atoms with Crippen LogP contribution in [0.5, 0.6) is 0 Å². The van der Waals surface area contributed by atoms with Crippen molar-refractivity contribution in [1.29, 1.82) is 0 Å². The van der Waals surface area contributed by atoms with Crippen LogP contribution in [-0.4, -0.2) is 20.8 Å². The number of aromatic nitrogens is 2. The van der Waals surface area contributed by atoms with Gasteiger partial charge >= 0.3 is 6.18 Å². The van der Waals surface area contributed by atoms with E-state index in [2.05, 4.69) is 4.98 Å². The summed E-state index contributed by atoms with van der Waals surface area (Å²) in [5.74, 6) is 0. The number of nitrogens with zero attached hydrogens (tertiary/aromatic N) is 2. The van der Waals surface area contributed by atoms with Gasteiger partial charge in [-0.05, 0) is 19.3 Å². The van der Waals surface area contributed by atoms with Gasteiger partial charge in [-0.15, -0.1) is 0 Å². The molecule has 1 N–H and O–H groups in total. The van der Waals surface area contributed by atoms with Gasteiger partial charge in [0.15, 0.2) is 0 Å². The maximum atomic E-state index is 11.9. The van der Waals surface area contributed by atoms with Crippen LogP contribution < -0.4 is 0 Å². The molecule has 3 nitrogen and oxygen atoms in total. The van der Waals surface area contributed by atoms with Gasteiger partial charge in [-0.25, -0.2) is 4.98 Å². The maximum Gasteiger partial charge on any atom is 0.389 e. The molecule has 1 aromatic rings. The predicted octanol–water partition coefficient (Wildman–Crippen LogP) is 3.06. The van der Waals surface area contributed by atoms with Crippen molar-refractivity contribution in [3.63, 3.8) is 0 Å². The molecular formula is C11H17F3N2O. The molecule has 0 amide bonds. The molecular weight excluding hydrogens is 233 g/mol. The Morgan fingerprint density at radius 3 is 2.76 bits per heavy atom. The number of aliphatic hydroxyl groups is 1. The van der Waals surface area contributed by atoms with E-state index in [1.807, 2.05) is 6.92 Å². The number of hydrogen-bond donors (Lipinski definition) is 1. The first-order chi connectivity index (χ1) is 7.94. The van der Waals surface area contributed by atoms with Crippen molar-refractivity contribution in [2.75, 3.05) is 0 Å². The Morgan fingerprint density at radius 1 is 1.47 bits per heavy atom. The number of rotatable bonds is 6. The summed E-state index contributed by atoms with van der Waals surface area (Å²) < 4.78 is 37.6. The molecule has 0 bridgehead atoms. The summed E-state index contributed by atoms with van der Waals surface area (Å²) in [4.78, 5) is 3.90. The SMILES string of the molecule is CCCn1cncc1C(O)CCCC(F)(F)F. The number of aryl methyl sites for hydroxylation is 1. The molecule has 0 spiro atoms. The third kappa shape index (κ3) is 4.77. The van der Waals surface area contributed by atoms with Gasteiger partial charge in [-0.1, -0.05) is 6.92 Å². The van der Waals surface area contributed by atoms with Crippen molar-refractivity contribution in [2.24, 2.45) is 0 Å². The lowest BCUT2D eigenvalue weighted by Crippen LogP contribution is -2.10. The van der Waals surface area contributed by atoms with E-state index < -0.39 is 18.7 Å². The third-order valence-electron chi connectivity index (χ3n) is 2.49. The van der Waals surface area contributed by atoms with E-state index in [9.17, 15) is 18.3 Å². The Hall–Kier alpha value is -1.04. The lowest BCUT2D eigenvalue weighted by Gasteiger charge is -2.13. The molecule has 1 rings (SSSR count). The zero-order valence-corrected chi connectivity index (χ0v) is 9.74. The van der Waals surface area contributed by atoms with Crippen LogP contribution in [0.3, 0.4) is 0 Å². The van der Waals surface area contributed by atoms with Gasteiger partial charge in [0.05, 0.1) is 24.3 Å². The topological polar surface area (TPSA) is 38.0 Å². The van der Waals surface area contributed by atoms with Crippen molar-refractivity contribution in [1.82, 2.24) is 9.55 Å². The Kier molecular flexibility index (Phi) is 4.99. The smallest absolute Gasteiger partial charge is 0.387 e. The van der Waals surface area contributed by atoms with Crippen molar-refractivity contribution < 1.29 is 18.3 Å². The van der Waals surface area contributed by atoms with Crippen molar-refractivity contribution in [3.8, 4) is 0 Å². The van der Waals surface area contributed by atoms with Gasteiger partial charge in [-0.3, -0.25) is 0 Å². The standard InChI is InChI=1S/C11H17F3N2O/c1-2-6-16-8-15-7-9(16)10(17)4-3-5-11(12,13)14/h7-8,10,17H,2-6H2,1H3. The molecule has 1 atom stereocenters. The molecule has 1 unspecified atom stereocenters. The molecule has 0 aliphatic rings. The summed E-state index contributed by atoms with van der Waals surface area (Å²) in [6.45, 7) is 2.70. The molecule has 0 saturated heterocycles. The lowest BCUT2D eigenvalue weighted by atomic mass is 10.1. The summed E-state index contributed by atoms with van der Waals surface area (Å²) in [6, 6.07) is 0. The highest BCUT2D eigenvalue weighted by Gasteiger charge is 2.27. The molecule has 6 heteroatoms. The molecule has 1 heterocycles. The minimum absolute atomic E-state index is 0.0675. The first-order valence-electron chi connectivity index (χ1n) is 5.69. The van der Waals surface area contributed by atoms with E-state index in [-0.39, 0.29) is 12.8 Å². The van der Waals surface area contributed by atoms with Crippen molar-refractivity contribution in [3.05, 3.63) is 18.2 Å². The molecule has 1 aromatic heterocycles. The first-order valence-corrected chi connectivity index (χ1v) is 5.69. The number of imidazole rings is 1. The molecule has 0 radical (unpaired) electrons. The van der Waals surface area contributed by atoms with Crippen LogP contribution in [-0.2, 0) is 6.54 Å². The van der Waals surface area contributed by atoms with Crippen molar-refractivity contribution in [2.45, 2.75) is 51.4 Å². The van der Waals surface area contributed by atoms with Gasteiger partial charge in [0, 0.05) is 13.0 Å². The Balaban J connectivity index is 2.46. The second-order valence-corrected chi connectivity index (χ2v) is 4.04. The van der Waals surface area contributed by atoms with Gasteiger partial charge < -0.3 is 9.67 Å². The van der Waals surface area contributed by atoms with Crippen LogP contribution in [0.25, 0.3) is 0 Å². The normalized spacial score (nSPS) is 13.9. The van der Waals surface area contributed by atoms with Crippen LogP contribution in [0.2, 0.25) is 0 Å². The van der Waals surface area contributed by atoms with E-state index >= 15 is 0 Å². The largest absolute Gasteiger partial charge is 0.389 e. The maximum absolute atomic E-state index is 11.9. The minimum Gasteiger partial charge on any atom is -0.387 e. The molecule has 0 aromatic carbocycles. The van der Waals surface area contributed by atoms with Gasteiger partial charge in [0.2, 0.25) is 0 Å². The zero-order chi connectivity index (χ0) is 12.9. The van der Waals surface area contributed by atoms with E-state index in [0.717, 1.165) is 6.42 Å². The molecule has 0 aliphatic carbocycles. The number of hydrogen-bond acceptors (Lipinski definition) is 2. The van der Waals surface area contributed by atoms with E-state index in [1.165, 1.54) is 6.20 Å². The summed E-state index contributed by atoms with van der Waals surface area (Å²) in [5, 5.41) is 9.79. The number of alkyl halides is 3. The highest BCUT2D eigenvalue weighted by atomic mass is 19.4. The number of aliphatic hydroxyl groups excluding tert-OH is 1. The fraction of sp³-hybridized carbons (Fsp3) is 0.727. The highest BCUT2D eigenvalue weighted by Crippen LogP contribution is 2.26. The Labute approximate surface area is 98.3 Å². The molecule has 0 saturated carbocycles. The molecule has 17 heavy (non-hydrogen) atoms. The predicted molar refractivity (Wildman–Crippen MR) is 57.4 cm³/mol. The average molecular weight is 250 g/mol. The average Bonchev–Trinajstić information content (AvgIpc) is 2.64. The monoisotopic (exact) mass is 250 g/mol. The minimum atomic E-state index is -4.15. The second-order valence-electron chi connectivity index (χ2n) is 4.04. The van der Waals surface area contributed by atoms with E-state index in [1.54, 1.807) is 10.9 Å². The summed E-state index contributed by atoms with van der Waals surface area (Å²) in [6.07, 6.45) is -1.85. The molecule has 98 valence electrons. The van der Waals surface area contributed by atoms with Gasteiger partial charge in [0.25, 0.3) is 0 Å². The van der Waals surface area contributed by atoms with Crippen molar-refractivity contribution >= 4 is 0 Å². The number of halogens is 3. The van der Waals surface area contributed by atoms with Crippen LogP contribution in [0.4, 0.5) is 13.2 Å². The Bertz CT molecular complexity index is 336. The highest BCUT2D eigenvalue weighted by molar-refractivity contribution is 5.02.